The summed E-state index contributed by atoms with van der Waals surface area (Å²) in [6, 6.07) is 21.7. The van der Waals surface area contributed by atoms with Crippen LogP contribution in [0.2, 0.25) is 0 Å². The minimum absolute atomic E-state index is 0.536. The van der Waals surface area contributed by atoms with Crippen molar-refractivity contribution in [2.45, 2.75) is 13.3 Å². The first-order valence-electron chi connectivity index (χ1n) is 9.93. The van der Waals surface area contributed by atoms with Crippen molar-refractivity contribution in [3.8, 4) is 28.6 Å². The van der Waals surface area contributed by atoms with Crippen LogP contribution in [0.5, 0.6) is 17.2 Å². The van der Waals surface area contributed by atoms with Gasteiger partial charge in [0.2, 0.25) is 5.69 Å². The van der Waals surface area contributed by atoms with Crippen LogP contribution < -0.4 is 19.0 Å². The summed E-state index contributed by atoms with van der Waals surface area (Å²) in [5.74, 6) is 2.76. The number of ether oxygens (including phenoxy) is 3. The topological polar surface area (TPSA) is 62.3 Å². The van der Waals surface area contributed by atoms with Crippen molar-refractivity contribution in [1.29, 1.82) is 0 Å². The standard InChI is InChI=1S/C24H25N4O3/c1-17-10-12-20(22(14-17)30-3)28-26-24(25-27(28)19-8-6-5-7-9-19)16-18-11-13-21(29-2)23(15-18)31-4/h5-15H,16H2,1-4H3/q+1. The van der Waals surface area contributed by atoms with Gasteiger partial charge in [-0.1, -0.05) is 30.3 Å². The Labute approximate surface area is 181 Å². The molecule has 0 unspecified atom stereocenters. The van der Waals surface area contributed by atoms with Gasteiger partial charge >= 0.3 is 5.82 Å². The van der Waals surface area contributed by atoms with E-state index in [1.807, 2.05) is 73.7 Å². The highest BCUT2D eigenvalue weighted by atomic mass is 16.5. The van der Waals surface area contributed by atoms with Crippen LogP contribution in [-0.4, -0.2) is 36.3 Å². The van der Waals surface area contributed by atoms with E-state index in [1.165, 1.54) is 0 Å². The van der Waals surface area contributed by atoms with Gasteiger partial charge in [0.05, 0.1) is 32.8 Å². The molecule has 158 valence electrons. The molecule has 0 atom stereocenters. The van der Waals surface area contributed by atoms with Crippen LogP contribution in [0.1, 0.15) is 17.0 Å². The molecule has 0 amide bonds. The van der Waals surface area contributed by atoms with Crippen LogP contribution in [0.3, 0.4) is 0 Å². The fourth-order valence-corrected chi connectivity index (χ4v) is 3.40. The molecule has 0 fully saturated rings. The molecule has 0 bridgehead atoms. The first-order chi connectivity index (χ1) is 15.1. The van der Waals surface area contributed by atoms with Crippen molar-refractivity contribution in [2.24, 2.45) is 0 Å². The van der Waals surface area contributed by atoms with Gasteiger partial charge in [0.1, 0.15) is 5.69 Å². The molecule has 0 saturated carbocycles. The molecule has 1 aromatic heterocycles. The highest BCUT2D eigenvalue weighted by molar-refractivity contribution is 5.44. The summed E-state index contributed by atoms with van der Waals surface area (Å²) in [6.45, 7) is 2.03. The monoisotopic (exact) mass is 417 g/mol. The van der Waals surface area contributed by atoms with Crippen LogP contribution in [-0.2, 0) is 6.42 Å². The molecular formula is C24H25N4O3+. The van der Waals surface area contributed by atoms with Crippen LogP contribution in [0.15, 0.2) is 66.7 Å². The van der Waals surface area contributed by atoms with Gasteiger partial charge in [-0.2, -0.15) is 0 Å². The summed E-state index contributed by atoms with van der Waals surface area (Å²) in [6.07, 6.45) is 0.536. The number of hydrogen-bond acceptors (Lipinski definition) is 5. The molecule has 0 radical (unpaired) electrons. The van der Waals surface area contributed by atoms with E-state index in [1.54, 1.807) is 30.9 Å². The van der Waals surface area contributed by atoms with Crippen LogP contribution >= 0.6 is 0 Å². The minimum atomic E-state index is 0.536. The number of nitrogens with zero attached hydrogens (tertiary/aromatic N) is 4. The Morgan fingerprint density at radius 1 is 0.806 bits per heavy atom. The number of tetrazole rings is 1. The predicted molar refractivity (Wildman–Crippen MR) is 117 cm³/mol. The fraction of sp³-hybridized carbons (Fsp3) is 0.208. The largest absolute Gasteiger partial charge is 0.493 e. The first-order valence-corrected chi connectivity index (χ1v) is 9.93. The summed E-state index contributed by atoms with van der Waals surface area (Å²) < 4.78 is 16.4. The Morgan fingerprint density at radius 2 is 1.55 bits per heavy atom. The average molecular weight is 417 g/mol. The molecule has 7 nitrogen and oxygen atoms in total. The van der Waals surface area contributed by atoms with Crippen molar-refractivity contribution in [1.82, 2.24) is 15.0 Å². The maximum atomic E-state index is 5.62. The molecule has 1 heterocycles. The third kappa shape index (κ3) is 4.21. The zero-order valence-corrected chi connectivity index (χ0v) is 18.1. The molecule has 0 N–H and O–H groups in total. The lowest BCUT2D eigenvalue weighted by Gasteiger charge is -2.07. The van der Waals surface area contributed by atoms with Gasteiger partial charge in [0.25, 0.3) is 0 Å². The molecule has 7 heteroatoms. The Balaban J connectivity index is 1.79. The van der Waals surface area contributed by atoms with E-state index in [0.717, 1.165) is 28.3 Å². The summed E-state index contributed by atoms with van der Waals surface area (Å²) in [5.41, 5.74) is 3.84. The van der Waals surface area contributed by atoms with Crippen molar-refractivity contribution in [3.05, 3.63) is 83.7 Å². The highest BCUT2D eigenvalue weighted by Gasteiger charge is 2.25. The lowest BCUT2D eigenvalue weighted by Crippen LogP contribution is -2.43. The lowest BCUT2D eigenvalue weighted by molar-refractivity contribution is -0.735. The summed E-state index contributed by atoms with van der Waals surface area (Å²) in [5, 5.41) is 9.59. The molecule has 4 aromatic rings. The normalized spacial score (nSPS) is 10.7. The van der Waals surface area contributed by atoms with Gasteiger partial charge < -0.3 is 14.2 Å². The van der Waals surface area contributed by atoms with Crippen molar-refractivity contribution < 1.29 is 19.0 Å². The average Bonchev–Trinajstić information content (AvgIpc) is 3.22. The molecular weight excluding hydrogens is 392 g/mol. The summed E-state index contributed by atoms with van der Waals surface area (Å²) in [7, 11) is 4.91. The van der Waals surface area contributed by atoms with E-state index in [0.29, 0.717) is 23.7 Å². The van der Waals surface area contributed by atoms with E-state index in [-0.39, 0.29) is 0 Å². The molecule has 0 saturated heterocycles. The molecule has 3 aromatic carbocycles. The minimum Gasteiger partial charge on any atom is -0.493 e. The second kappa shape index (κ2) is 8.87. The van der Waals surface area contributed by atoms with E-state index in [9.17, 15) is 0 Å². The maximum Gasteiger partial charge on any atom is 0.313 e. The van der Waals surface area contributed by atoms with E-state index < -0.39 is 0 Å². The molecule has 4 rings (SSSR count). The smallest absolute Gasteiger partial charge is 0.313 e. The zero-order chi connectivity index (χ0) is 21.8. The van der Waals surface area contributed by atoms with Gasteiger partial charge in [-0.05, 0) is 64.3 Å². The van der Waals surface area contributed by atoms with E-state index >= 15 is 0 Å². The second-order valence-corrected chi connectivity index (χ2v) is 7.07. The highest BCUT2D eigenvalue weighted by Crippen LogP contribution is 2.28. The van der Waals surface area contributed by atoms with Gasteiger partial charge in [0, 0.05) is 4.80 Å². The molecule has 31 heavy (non-hydrogen) atoms. The molecule has 0 aliphatic heterocycles. The summed E-state index contributed by atoms with van der Waals surface area (Å²) in [4.78, 5) is 3.55. The number of para-hydroxylation sites is 1. The Kier molecular flexibility index (Phi) is 5.84. The summed E-state index contributed by atoms with van der Waals surface area (Å²) >= 11 is 0. The van der Waals surface area contributed by atoms with Gasteiger partial charge in [-0.15, -0.1) is 0 Å². The zero-order valence-electron chi connectivity index (χ0n) is 18.1. The molecule has 0 aliphatic carbocycles. The van der Waals surface area contributed by atoms with E-state index in [4.69, 9.17) is 24.4 Å². The lowest BCUT2D eigenvalue weighted by atomic mass is 10.1. The number of aryl methyl sites for hydroxylation is 1. The molecule has 0 aliphatic rings. The quantitative estimate of drug-likeness (QED) is 0.431. The Bertz CT molecular complexity index is 1190. The van der Waals surface area contributed by atoms with Gasteiger partial charge in [-0.3, -0.25) is 0 Å². The van der Waals surface area contributed by atoms with Gasteiger partial charge in [0.15, 0.2) is 17.2 Å². The number of hydrogen-bond donors (Lipinski definition) is 0. The van der Waals surface area contributed by atoms with Crippen molar-refractivity contribution in [2.75, 3.05) is 21.3 Å². The Hall–Kier alpha value is -3.87. The van der Waals surface area contributed by atoms with Crippen molar-refractivity contribution >= 4 is 0 Å². The van der Waals surface area contributed by atoms with E-state index in [2.05, 4.69) is 0 Å². The molecule has 0 spiro atoms. The third-order valence-electron chi connectivity index (χ3n) is 4.95. The predicted octanol–water partition coefficient (Wildman–Crippen LogP) is 3.47. The number of methoxy groups -OCH3 is 3. The number of benzene rings is 3. The first kappa shape index (κ1) is 20.4. The van der Waals surface area contributed by atoms with Crippen LogP contribution in [0, 0.1) is 6.92 Å². The SMILES string of the molecule is COc1ccc(Cc2nn(-c3ccccc3)[n+](-c3ccc(C)cc3OC)n2)cc1OC. The Morgan fingerprint density at radius 3 is 2.26 bits per heavy atom. The number of rotatable bonds is 7. The third-order valence-corrected chi connectivity index (χ3v) is 4.95. The second-order valence-electron chi connectivity index (χ2n) is 7.07. The van der Waals surface area contributed by atoms with Crippen LogP contribution in [0.4, 0.5) is 0 Å². The number of aromatic nitrogens is 4. The van der Waals surface area contributed by atoms with Crippen LogP contribution in [0.25, 0.3) is 11.4 Å². The fourth-order valence-electron chi connectivity index (χ4n) is 3.40. The van der Waals surface area contributed by atoms with Crippen molar-refractivity contribution in [3.63, 3.8) is 0 Å². The van der Waals surface area contributed by atoms with Gasteiger partial charge in [-0.25, -0.2) is 0 Å². The maximum absolute atomic E-state index is 5.62.